The number of unbranched alkanes of at least 4 members (excludes halogenated alkanes) is 24. The number of carbonyl (C=O) groups excluding carboxylic acids is 2. The van der Waals surface area contributed by atoms with Crippen molar-refractivity contribution in [2.75, 3.05) is 13.2 Å². The fourth-order valence-electron chi connectivity index (χ4n) is 5.70. The molecule has 0 bridgehead atoms. The van der Waals surface area contributed by atoms with Gasteiger partial charge in [-0.1, -0.05) is 173 Å². The average molecular weight is 649 g/mol. The van der Waals surface area contributed by atoms with Gasteiger partial charge in [-0.2, -0.15) is 0 Å². The van der Waals surface area contributed by atoms with Gasteiger partial charge in [0.25, 0.3) is 0 Å². The molecule has 0 rings (SSSR count). The maximum absolute atomic E-state index is 12.2. The first-order valence-electron chi connectivity index (χ1n) is 19.9. The first-order chi connectivity index (χ1) is 22.6. The summed E-state index contributed by atoms with van der Waals surface area (Å²) in [4.78, 5) is 24.2. The van der Waals surface area contributed by atoms with Crippen molar-refractivity contribution < 1.29 is 24.2 Å². The molecule has 0 aliphatic heterocycles. The molecule has 1 N–H and O–H groups in total. The zero-order valence-electron chi connectivity index (χ0n) is 30.6. The number of hydrogen-bond acceptors (Lipinski definition) is 5. The van der Waals surface area contributed by atoms with Gasteiger partial charge in [-0.25, -0.2) is 0 Å². The van der Waals surface area contributed by atoms with Gasteiger partial charge in [0.15, 0.2) is 6.10 Å². The molecular formula is C41H76O5. The molecule has 0 aromatic carbocycles. The standard InChI is InChI=1S/C41H76O5/c1-3-5-7-9-11-13-15-17-19-20-22-24-26-28-30-32-34-36-41(44)46-39(37-42)38-45-40(43)35-33-31-29-27-25-23-21-18-16-14-12-10-8-6-4-2/h11,13,17,19,39,42H,3-10,12,14-16,18,20-38H2,1-2H3/b13-11-,19-17-/t39-/m0/s1. The number of esters is 2. The van der Waals surface area contributed by atoms with Crippen molar-refractivity contribution >= 4 is 11.9 Å². The van der Waals surface area contributed by atoms with Crippen molar-refractivity contribution in [2.24, 2.45) is 0 Å². The number of rotatable bonds is 36. The molecule has 0 aliphatic rings. The van der Waals surface area contributed by atoms with Gasteiger partial charge in [-0.3, -0.25) is 9.59 Å². The van der Waals surface area contributed by atoms with Crippen LogP contribution in [0.4, 0.5) is 0 Å². The Morgan fingerprint density at radius 3 is 1.33 bits per heavy atom. The molecule has 0 fully saturated rings. The van der Waals surface area contributed by atoms with E-state index in [9.17, 15) is 14.7 Å². The van der Waals surface area contributed by atoms with Crippen LogP contribution in [0.1, 0.15) is 206 Å². The molecule has 0 aliphatic carbocycles. The molecule has 0 saturated heterocycles. The Kier molecular flexibility index (Phi) is 36.5. The van der Waals surface area contributed by atoms with Gasteiger partial charge in [-0.05, 0) is 44.9 Å². The van der Waals surface area contributed by atoms with E-state index in [1.165, 1.54) is 128 Å². The van der Waals surface area contributed by atoms with E-state index in [0.717, 1.165) is 51.4 Å². The van der Waals surface area contributed by atoms with Crippen molar-refractivity contribution in [3.8, 4) is 0 Å². The van der Waals surface area contributed by atoms with Crippen molar-refractivity contribution in [3.63, 3.8) is 0 Å². The quantitative estimate of drug-likeness (QED) is 0.0416. The van der Waals surface area contributed by atoms with Crippen LogP contribution < -0.4 is 0 Å². The Morgan fingerprint density at radius 2 is 0.870 bits per heavy atom. The van der Waals surface area contributed by atoms with Crippen LogP contribution in [0.25, 0.3) is 0 Å². The predicted molar refractivity (Wildman–Crippen MR) is 196 cm³/mol. The molecule has 5 nitrogen and oxygen atoms in total. The number of allylic oxidation sites excluding steroid dienone is 4. The van der Waals surface area contributed by atoms with Gasteiger partial charge in [0, 0.05) is 12.8 Å². The zero-order chi connectivity index (χ0) is 33.6. The third kappa shape index (κ3) is 35.2. The Balaban J connectivity index is 3.54. The van der Waals surface area contributed by atoms with Crippen LogP contribution >= 0.6 is 0 Å². The molecule has 0 radical (unpaired) electrons. The summed E-state index contributed by atoms with van der Waals surface area (Å²) in [5.74, 6) is -0.592. The van der Waals surface area contributed by atoms with Crippen LogP contribution in [-0.4, -0.2) is 36.4 Å². The Labute approximate surface area is 285 Å². The molecule has 46 heavy (non-hydrogen) atoms. The molecule has 270 valence electrons. The summed E-state index contributed by atoms with van der Waals surface area (Å²) >= 11 is 0. The van der Waals surface area contributed by atoms with Gasteiger partial charge in [0.2, 0.25) is 0 Å². The molecule has 0 unspecified atom stereocenters. The summed E-state index contributed by atoms with van der Waals surface area (Å²) in [6.07, 6.45) is 43.7. The Morgan fingerprint density at radius 1 is 0.500 bits per heavy atom. The van der Waals surface area contributed by atoms with Gasteiger partial charge in [0.1, 0.15) is 6.61 Å². The fraction of sp³-hybridized carbons (Fsp3) is 0.854. The van der Waals surface area contributed by atoms with E-state index in [4.69, 9.17) is 9.47 Å². The highest BCUT2D eigenvalue weighted by Gasteiger charge is 2.16. The lowest BCUT2D eigenvalue weighted by Crippen LogP contribution is -2.28. The van der Waals surface area contributed by atoms with Gasteiger partial charge in [-0.15, -0.1) is 0 Å². The summed E-state index contributed by atoms with van der Waals surface area (Å²) < 4.78 is 10.6. The molecule has 0 saturated carbocycles. The second-order valence-corrected chi connectivity index (χ2v) is 13.4. The number of ether oxygens (including phenoxy) is 2. The molecular weight excluding hydrogens is 572 g/mol. The van der Waals surface area contributed by atoms with Crippen molar-refractivity contribution in [1.29, 1.82) is 0 Å². The highest BCUT2D eigenvalue weighted by molar-refractivity contribution is 5.70. The van der Waals surface area contributed by atoms with Crippen molar-refractivity contribution in [1.82, 2.24) is 0 Å². The van der Waals surface area contributed by atoms with E-state index in [0.29, 0.717) is 12.8 Å². The van der Waals surface area contributed by atoms with Gasteiger partial charge < -0.3 is 14.6 Å². The summed E-state index contributed by atoms with van der Waals surface area (Å²) in [5.41, 5.74) is 0. The first kappa shape index (κ1) is 44.4. The van der Waals surface area contributed by atoms with Gasteiger partial charge in [0.05, 0.1) is 6.61 Å². The second-order valence-electron chi connectivity index (χ2n) is 13.4. The van der Waals surface area contributed by atoms with Crippen LogP contribution in [0.5, 0.6) is 0 Å². The van der Waals surface area contributed by atoms with Crippen LogP contribution in [0.3, 0.4) is 0 Å². The molecule has 0 aromatic rings. The fourth-order valence-corrected chi connectivity index (χ4v) is 5.70. The lowest BCUT2D eigenvalue weighted by Gasteiger charge is -2.15. The molecule has 0 amide bonds. The second kappa shape index (κ2) is 37.8. The summed E-state index contributed by atoms with van der Waals surface area (Å²) in [5, 5.41) is 9.55. The lowest BCUT2D eigenvalue weighted by atomic mass is 10.0. The highest BCUT2D eigenvalue weighted by Crippen LogP contribution is 2.15. The highest BCUT2D eigenvalue weighted by atomic mass is 16.6. The van der Waals surface area contributed by atoms with E-state index in [2.05, 4.69) is 38.2 Å². The SMILES string of the molecule is CCCCC/C=C\C/C=C\CCCCCCCCCC(=O)O[C@@H](CO)COC(=O)CCCCCCCCCCCCCCCCC. The summed E-state index contributed by atoms with van der Waals surface area (Å²) in [6, 6.07) is 0. The minimum Gasteiger partial charge on any atom is -0.462 e. The maximum Gasteiger partial charge on any atom is 0.306 e. The topological polar surface area (TPSA) is 72.8 Å². The normalized spacial score (nSPS) is 12.3. The Hall–Kier alpha value is -1.62. The number of carbonyl (C=O) groups is 2. The van der Waals surface area contributed by atoms with E-state index in [1.54, 1.807) is 0 Å². The van der Waals surface area contributed by atoms with Crippen LogP contribution in [-0.2, 0) is 19.1 Å². The van der Waals surface area contributed by atoms with Gasteiger partial charge >= 0.3 is 11.9 Å². The molecule has 0 spiro atoms. The molecule has 1 atom stereocenters. The molecule has 0 heterocycles. The number of hydrogen-bond donors (Lipinski definition) is 1. The molecule has 0 aromatic heterocycles. The minimum atomic E-state index is -0.770. The summed E-state index contributed by atoms with van der Waals surface area (Å²) in [6.45, 7) is 4.12. The van der Waals surface area contributed by atoms with E-state index < -0.39 is 6.10 Å². The van der Waals surface area contributed by atoms with E-state index >= 15 is 0 Å². The van der Waals surface area contributed by atoms with Crippen LogP contribution in [0, 0.1) is 0 Å². The first-order valence-corrected chi connectivity index (χ1v) is 19.9. The van der Waals surface area contributed by atoms with E-state index in [1.807, 2.05) is 0 Å². The third-order valence-corrected chi connectivity index (χ3v) is 8.75. The molecule has 5 heteroatoms. The Bertz CT molecular complexity index is 701. The predicted octanol–water partition coefficient (Wildman–Crippen LogP) is 12.3. The maximum atomic E-state index is 12.2. The summed E-state index contributed by atoms with van der Waals surface area (Å²) in [7, 11) is 0. The smallest absolute Gasteiger partial charge is 0.306 e. The van der Waals surface area contributed by atoms with Crippen LogP contribution in [0.15, 0.2) is 24.3 Å². The lowest BCUT2D eigenvalue weighted by molar-refractivity contribution is -0.161. The zero-order valence-corrected chi connectivity index (χ0v) is 30.6. The largest absolute Gasteiger partial charge is 0.462 e. The average Bonchev–Trinajstić information content (AvgIpc) is 3.06. The van der Waals surface area contributed by atoms with E-state index in [-0.39, 0.29) is 25.2 Å². The van der Waals surface area contributed by atoms with Crippen molar-refractivity contribution in [3.05, 3.63) is 24.3 Å². The number of aliphatic hydroxyl groups is 1. The monoisotopic (exact) mass is 649 g/mol. The van der Waals surface area contributed by atoms with Crippen LogP contribution in [0.2, 0.25) is 0 Å². The minimum absolute atomic E-state index is 0.0647. The number of aliphatic hydroxyl groups excluding tert-OH is 1. The third-order valence-electron chi connectivity index (χ3n) is 8.75. The van der Waals surface area contributed by atoms with Crippen molar-refractivity contribution in [2.45, 2.75) is 213 Å².